The summed E-state index contributed by atoms with van der Waals surface area (Å²) in [6, 6.07) is 9.24. The summed E-state index contributed by atoms with van der Waals surface area (Å²) >= 11 is 12.4. The van der Waals surface area contributed by atoms with E-state index in [1.165, 1.54) is 0 Å². The Balaban J connectivity index is 2.14. The highest BCUT2D eigenvalue weighted by Crippen LogP contribution is 2.40. The third-order valence-corrected chi connectivity index (χ3v) is 4.95. The largest absolute Gasteiger partial charge is 0.493 e. The van der Waals surface area contributed by atoms with Gasteiger partial charge in [-0.15, -0.1) is 0 Å². The molecule has 1 aromatic heterocycles. The first-order valence-corrected chi connectivity index (χ1v) is 10.2. The third kappa shape index (κ3) is 4.77. The minimum Gasteiger partial charge on any atom is -0.493 e. The molecule has 2 aromatic carbocycles. The Hall–Kier alpha value is -2.43. The standard InChI is InChI=1S/C23H23Cl2NO3/c1-5-28-21-11-22-18(10-17(21)14(4)8-23(27)26-13(2)3)19(12-29-22)16-7-6-15(24)9-20(16)25/h6-13H,5H2,1-4H3,(H,26,27)/b14-8+. The molecule has 1 amide bonds. The first-order chi connectivity index (χ1) is 13.8. The molecule has 0 aliphatic rings. The van der Waals surface area contributed by atoms with Gasteiger partial charge in [-0.1, -0.05) is 29.3 Å². The molecule has 0 aliphatic heterocycles. The van der Waals surface area contributed by atoms with E-state index < -0.39 is 0 Å². The highest BCUT2D eigenvalue weighted by Gasteiger charge is 2.17. The summed E-state index contributed by atoms with van der Waals surface area (Å²) in [5.74, 6) is 0.516. The van der Waals surface area contributed by atoms with Crippen molar-refractivity contribution in [3.05, 3.63) is 58.3 Å². The van der Waals surface area contributed by atoms with Crippen molar-refractivity contribution in [1.29, 1.82) is 0 Å². The summed E-state index contributed by atoms with van der Waals surface area (Å²) in [5.41, 5.74) is 3.97. The molecule has 3 aromatic rings. The molecule has 1 heterocycles. The molecule has 4 nitrogen and oxygen atoms in total. The zero-order valence-electron chi connectivity index (χ0n) is 16.8. The second-order valence-electron chi connectivity index (χ2n) is 7.04. The lowest BCUT2D eigenvalue weighted by atomic mass is 9.99. The van der Waals surface area contributed by atoms with Crippen molar-refractivity contribution in [2.24, 2.45) is 0 Å². The van der Waals surface area contributed by atoms with Gasteiger partial charge in [-0.25, -0.2) is 0 Å². The fourth-order valence-corrected chi connectivity index (χ4v) is 3.67. The lowest BCUT2D eigenvalue weighted by Gasteiger charge is -2.12. The summed E-state index contributed by atoms with van der Waals surface area (Å²) in [6.07, 6.45) is 3.25. The molecule has 3 rings (SSSR count). The van der Waals surface area contributed by atoms with E-state index in [2.05, 4.69) is 5.32 Å². The average molecular weight is 432 g/mol. The maximum Gasteiger partial charge on any atom is 0.244 e. The van der Waals surface area contributed by atoms with Gasteiger partial charge in [0, 0.05) is 45.3 Å². The predicted molar refractivity (Wildman–Crippen MR) is 120 cm³/mol. The van der Waals surface area contributed by atoms with E-state index >= 15 is 0 Å². The van der Waals surface area contributed by atoms with E-state index in [0.29, 0.717) is 28.0 Å². The Bertz CT molecular complexity index is 1080. The molecule has 0 spiro atoms. The number of hydrogen-bond donors (Lipinski definition) is 1. The molecule has 1 N–H and O–H groups in total. The maximum absolute atomic E-state index is 12.2. The number of furan rings is 1. The number of carbonyl (C=O) groups excluding carboxylic acids is 1. The summed E-state index contributed by atoms with van der Waals surface area (Å²) < 4.78 is 11.6. The fourth-order valence-electron chi connectivity index (χ4n) is 3.16. The van der Waals surface area contributed by atoms with Crippen LogP contribution in [0.5, 0.6) is 5.75 Å². The Morgan fingerprint density at radius 3 is 2.62 bits per heavy atom. The lowest BCUT2D eigenvalue weighted by Crippen LogP contribution is -2.28. The molecule has 29 heavy (non-hydrogen) atoms. The second kappa shape index (κ2) is 8.93. The van der Waals surface area contributed by atoms with Crippen LogP contribution in [-0.2, 0) is 4.79 Å². The van der Waals surface area contributed by atoms with Gasteiger partial charge in [-0.2, -0.15) is 0 Å². The monoisotopic (exact) mass is 431 g/mol. The zero-order chi connectivity index (χ0) is 21.1. The van der Waals surface area contributed by atoms with Gasteiger partial charge in [-0.3, -0.25) is 4.79 Å². The topological polar surface area (TPSA) is 51.5 Å². The Labute approximate surface area is 180 Å². The van der Waals surface area contributed by atoms with Gasteiger partial charge >= 0.3 is 0 Å². The van der Waals surface area contributed by atoms with Crippen LogP contribution in [0.25, 0.3) is 27.7 Å². The van der Waals surface area contributed by atoms with Crippen molar-refractivity contribution in [2.45, 2.75) is 33.7 Å². The van der Waals surface area contributed by atoms with Crippen molar-refractivity contribution in [2.75, 3.05) is 6.61 Å². The van der Waals surface area contributed by atoms with E-state index in [0.717, 1.165) is 27.6 Å². The van der Waals surface area contributed by atoms with Crippen LogP contribution in [-0.4, -0.2) is 18.6 Å². The van der Waals surface area contributed by atoms with Gasteiger partial charge in [0.05, 0.1) is 17.9 Å². The van der Waals surface area contributed by atoms with Crippen molar-refractivity contribution >= 4 is 45.7 Å². The normalized spacial score (nSPS) is 11.9. The van der Waals surface area contributed by atoms with Gasteiger partial charge in [0.1, 0.15) is 11.3 Å². The van der Waals surface area contributed by atoms with Crippen LogP contribution >= 0.6 is 23.2 Å². The Kier molecular flexibility index (Phi) is 6.56. The first kappa shape index (κ1) is 21.3. The number of allylic oxidation sites excluding steroid dienone is 1. The molecular weight excluding hydrogens is 409 g/mol. The van der Waals surface area contributed by atoms with E-state index in [4.69, 9.17) is 32.4 Å². The van der Waals surface area contributed by atoms with Crippen LogP contribution in [0.1, 0.15) is 33.3 Å². The van der Waals surface area contributed by atoms with Crippen molar-refractivity contribution in [3.8, 4) is 16.9 Å². The minimum atomic E-state index is -0.145. The molecule has 152 valence electrons. The molecule has 0 bridgehead atoms. The van der Waals surface area contributed by atoms with Gasteiger partial charge in [0.15, 0.2) is 0 Å². The number of nitrogens with one attached hydrogen (secondary N) is 1. The molecular formula is C23H23Cl2NO3. The number of hydrogen-bond acceptors (Lipinski definition) is 3. The predicted octanol–water partition coefficient (Wildman–Crippen LogP) is 6.73. The van der Waals surface area contributed by atoms with Crippen LogP contribution in [0.4, 0.5) is 0 Å². The van der Waals surface area contributed by atoms with Crippen LogP contribution in [0.3, 0.4) is 0 Å². The summed E-state index contributed by atoms with van der Waals surface area (Å²) in [4.78, 5) is 12.2. The highest BCUT2D eigenvalue weighted by molar-refractivity contribution is 6.36. The quantitative estimate of drug-likeness (QED) is 0.439. The minimum absolute atomic E-state index is 0.0629. The number of ether oxygens (including phenoxy) is 1. The van der Waals surface area contributed by atoms with Crippen molar-refractivity contribution in [1.82, 2.24) is 5.32 Å². The molecule has 0 radical (unpaired) electrons. The maximum atomic E-state index is 12.2. The van der Waals surface area contributed by atoms with E-state index in [1.807, 2.05) is 45.9 Å². The van der Waals surface area contributed by atoms with Crippen LogP contribution in [0.15, 0.2) is 47.1 Å². The number of carbonyl (C=O) groups is 1. The summed E-state index contributed by atoms with van der Waals surface area (Å²) in [6.45, 7) is 8.15. The third-order valence-electron chi connectivity index (χ3n) is 4.40. The second-order valence-corrected chi connectivity index (χ2v) is 7.89. The molecule has 0 saturated carbocycles. The smallest absolute Gasteiger partial charge is 0.244 e. The van der Waals surface area contributed by atoms with Crippen LogP contribution in [0, 0.1) is 0 Å². The number of halogens is 2. The molecule has 0 atom stereocenters. The van der Waals surface area contributed by atoms with Crippen molar-refractivity contribution in [3.63, 3.8) is 0 Å². The number of amides is 1. The van der Waals surface area contributed by atoms with Gasteiger partial charge < -0.3 is 14.5 Å². The average Bonchev–Trinajstić information content (AvgIpc) is 3.03. The van der Waals surface area contributed by atoms with E-state index in [1.54, 1.807) is 24.5 Å². The lowest BCUT2D eigenvalue weighted by molar-refractivity contribution is -0.116. The number of benzene rings is 2. The number of fused-ring (bicyclic) bond motifs is 1. The number of rotatable bonds is 6. The van der Waals surface area contributed by atoms with E-state index in [9.17, 15) is 4.79 Å². The highest BCUT2D eigenvalue weighted by atomic mass is 35.5. The molecule has 6 heteroatoms. The SMILES string of the molecule is CCOc1cc2occ(-c3ccc(Cl)cc3Cl)c2cc1/C(C)=C/C(=O)NC(C)C. The van der Waals surface area contributed by atoms with Crippen LogP contribution in [0.2, 0.25) is 10.0 Å². The summed E-state index contributed by atoms with van der Waals surface area (Å²) in [7, 11) is 0. The molecule has 0 unspecified atom stereocenters. The van der Waals surface area contributed by atoms with Crippen molar-refractivity contribution < 1.29 is 13.9 Å². The molecule has 0 saturated heterocycles. The van der Waals surface area contributed by atoms with Gasteiger partial charge in [0.25, 0.3) is 0 Å². The fraction of sp³-hybridized carbons (Fsp3) is 0.261. The first-order valence-electron chi connectivity index (χ1n) is 9.42. The summed E-state index contributed by atoms with van der Waals surface area (Å²) in [5, 5.41) is 4.86. The Morgan fingerprint density at radius 2 is 1.97 bits per heavy atom. The zero-order valence-corrected chi connectivity index (χ0v) is 18.3. The molecule has 0 fully saturated rings. The Morgan fingerprint density at radius 1 is 1.21 bits per heavy atom. The van der Waals surface area contributed by atoms with Gasteiger partial charge in [0.2, 0.25) is 5.91 Å². The van der Waals surface area contributed by atoms with Gasteiger partial charge in [-0.05, 0) is 51.5 Å². The van der Waals surface area contributed by atoms with Crippen LogP contribution < -0.4 is 10.1 Å². The van der Waals surface area contributed by atoms with E-state index in [-0.39, 0.29) is 11.9 Å². The molecule has 0 aliphatic carbocycles.